The van der Waals surface area contributed by atoms with Gasteiger partial charge in [0.2, 0.25) is 0 Å². The van der Waals surface area contributed by atoms with Gasteiger partial charge in [-0.15, -0.1) is 0 Å². The average Bonchev–Trinajstić information content (AvgIpc) is 2.68. The van der Waals surface area contributed by atoms with E-state index in [4.69, 9.17) is 0 Å². The van der Waals surface area contributed by atoms with E-state index in [2.05, 4.69) is 46.2 Å². The fraction of sp³-hybridized carbons (Fsp3) is 0.682. The number of hydrogen-bond acceptors (Lipinski definition) is 3. The number of benzene rings is 1. The Hall–Kier alpha value is -1.37. The lowest BCUT2D eigenvalue weighted by Gasteiger charge is -2.60. The summed E-state index contributed by atoms with van der Waals surface area (Å²) < 4.78 is 0. The van der Waals surface area contributed by atoms with Crippen molar-refractivity contribution in [2.45, 2.75) is 62.6 Å². The van der Waals surface area contributed by atoms with Crippen molar-refractivity contribution in [2.24, 2.45) is 11.8 Å². The smallest absolute Gasteiger partial charge is 0.135 e. The predicted molar refractivity (Wildman–Crippen MR) is 98.9 cm³/mol. The van der Waals surface area contributed by atoms with Crippen LogP contribution in [0.25, 0.3) is 0 Å². The number of piperidine rings is 4. The molecule has 0 saturated carbocycles. The van der Waals surface area contributed by atoms with Crippen LogP contribution in [0.1, 0.15) is 50.5 Å². The van der Waals surface area contributed by atoms with Crippen LogP contribution in [-0.2, 0) is 5.54 Å². The summed E-state index contributed by atoms with van der Waals surface area (Å²) >= 11 is 0. The van der Waals surface area contributed by atoms with E-state index in [9.17, 15) is 5.26 Å². The summed E-state index contributed by atoms with van der Waals surface area (Å²) in [5, 5.41) is 10.3. The van der Waals surface area contributed by atoms with Gasteiger partial charge in [0.15, 0.2) is 0 Å². The van der Waals surface area contributed by atoms with Crippen molar-refractivity contribution in [3.8, 4) is 6.07 Å². The van der Waals surface area contributed by atoms with Crippen LogP contribution in [0.5, 0.6) is 0 Å². The second-order valence-electron chi connectivity index (χ2n) is 8.76. The van der Waals surface area contributed by atoms with Crippen LogP contribution in [0.3, 0.4) is 0 Å². The molecule has 0 radical (unpaired) electrons. The Labute approximate surface area is 151 Å². The Morgan fingerprint density at radius 1 is 0.960 bits per heavy atom. The molecule has 132 valence electrons. The van der Waals surface area contributed by atoms with Crippen molar-refractivity contribution in [3.05, 3.63) is 35.9 Å². The van der Waals surface area contributed by atoms with Crippen molar-refractivity contribution >= 4 is 0 Å². The molecule has 1 aromatic rings. The summed E-state index contributed by atoms with van der Waals surface area (Å²) in [6.45, 7) is 3.72. The number of rotatable bonds is 1. The standard InChI is InChI=1S/C22H29N3/c23-16-22(19-7-2-1-3-8-19)11-6-10-21-17-13-18(15-25(21)22)20-9-4-5-12-24(20)14-17/h1-3,7-8,17-18,20-21H,4-6,9-15H2/t17-,18-,20+,21-,22+/m0/s1. The van der Waals surface area contributed by atoms with Crippen molar-refractivity contribution in [1.29, 1.82) is 5.26 Å². The first-order chi connectivity index (χ1) is 12.3. The van der Waals surface area contributed by atoms with Gasteiger partial charge in [0.25, 0.3) is 0 Å². The summed E-state index contributed by atoms with van der Waals surface area (Å²) in [6.07, 6.45) is 9.03. The molecule has 0 aromatic heterocycles. The molecule has 4 saturated heterocycles. The molecule has 4 aliphatic heterocycles. The van der Waals surface area contributed by atoms with Gasteiger partial charge in [0.1, 0.15) is 5.54 Å². The minimum absolute atomic E-state index is 0.391. The Morgan fingerprint density at radius 3 is 2.60 bits per heavy atom. The molecule has 3 nitrogen and oxygen atoms in total. The molecule has 2 bridgehead atoms. The maximum Gasteiger partial charge on any atom is 0.135 e. The molecule has 0 spiro atoms. The molecule has 0 unspecified atom stereocenters. The van der Waals surface area contributed by atoms with E-state index < -0.39 is 5.54 Å². The molecule has 5 atom stereocenters. The van der Waals surface area contributed by atoms with E-state index in [1.54, 1.807) is 0 Å². The van der Waals surface area contributed by atoms with Crippen molar-refractivity contribution < 1.29 is 0 Å². The van der Waals surface area contributed by atoms with Crippen LogP contribution >= 0.6 is 0 Å². The third-order valence-corrected chi connectivity index (χ3v) is 7.62. The summed E-state index contributed by atoms with van der Waals surface area (Å²) in [7, 11) is 0. The number of nitriles is 1. The molecule has 0 amide bonds. The molecule has 5 rings (SSSR count). The van der Waals surface area contributed by atoms with E-state index in [1.807, 2.05) is 0 Å². The third-order valence-electron chi connectivity index (χ3n) is 7.62. The molecule has 4 heterocycles. The highest BCUT2D eigenvalue weighted by Gasteiger charge is 2.54. The van der Waals surface area contributed by atoms with E-state index in [-0.39, 0.29) is 0 Å². The van der Waals surface area contributed by atoms with Gasteiger partial charge in [-0.25, -0.2) is 0 Å². The molecule has 4 aliphatic rings. The Kier molecular flexibility index (Phi) is 3.87. The Bertz CT molecular complexity index is 666. The highest BCUT2D eigenvalue weighted by molar-refractivity contribution is 5.33. The maximum absolute atomic E-state index is 10.3. The van der Waals surface area contributed by atoms with Crippen LogP contribution in [0, 0.1) is 23.2 Å². The lowest BCUT2D eigenvalue weighted by molar-refractivity contribution is -0.108. The first-order valence-electron chi connectivity index (χ1n) is 10.3. The lowest BCUT2D eigenvalue weighted by atomic mass is 9.67. The maximum atomic E-state index is 10.3. The first-order valence-corrected chi connectivity index (χ1v) is 10.3. The lowest BCUT2D eigenvalue weighted by Crippen LogP contribution is -2.67. The Morgan fingerprint density at radius 2 is 1.76 bits per heavy atom. The molecule has 25 heavy (non-hydrogen) atoms. The fourth-order valence-electron chi connectivity index (χ4n) is 6.57. The fourth-order valence-corrected chi connectivity index (χ4v) is 6.57. The van der Waals surface area contributed by atoms with Crippen molar-refractivity contribution in [1.82, 2.24) is 9.80 Å². The van der Waals surface area contributed by atoms with Gasteiger partial charge in [-0.2, -0.15) is 5.26 Å². The van der Waals surface area contributed by atoms with Crippen LogP contribution < -0.4 is 0 Å². The van der Waals surface area contributed by atoms with Gasteiger partial charge in [0, 0.05) is 25.2 Å². The molecule has 0 N–H and O–H groups in total. The van der Waals surface area contributed by atoms with E-state index in [0.29, 0.717) is 6.04 Å². The van der Waals surface area contributed by atoms with Crippen LogP contribution in [0.4, 0.5) is 0 Å². The highest BCUT2D eigenvalue weighted by Crippen LogP contribution is 2.49. The van der Waals surface area contributed by atoms with E-state index in [0.717, 1.165) is 30.8 Å². The van der Waals surface area contributed by atoms with Crippen LogP contribution in [-0.4, -0.2) is 41.5 Å². The van der Waals surface area contributed by atoms with Gasteiger partial charge >= 0.3 is 0 Å². The minimum Gasteiger partial charge on any atom is -0.300 e. The second kappa shape index (κ2) is 6.11. The van der Waals surface area contributed by atoms with Gasteiger partial charge in [-0.05, 0) is 62.5 Å². The molecular weight excluding hydrogens is 306 g/mol. The van der Waals surface area contributed by atoms with E-state index >= 15 is 0 Å². The third kappa shape index (κ3) is 2.38. The average molecular weight is 335 g/mol. The monoisotopic (exact) mass is 335 g/mol. The van der Waals surface area contributed by atoms with Crippen molar-refractivity contribution in [2.75, 3.05) is 19.6 Å². The minimum atomic E-state index is -0.391. The number of nitrogens with zero attached hydrogens (tertiary/aromatic N) is 3. The van der Waals surface area contributed by atoms with Crippen LogP contribution in [0.2, 0.25) is 0 Å². The summed E-state index contributed by atoms with van der Waals surface area (Å²) in [6, 6.07) is 14.8. The molecular formula is C22H29N3. The Balaban J connectivity index is 1.52. The molecule has 0 aliphatic carbocycles. The summed E-state index contributed by atoms with van der Waals surface area (Å²) in [5.74, 6) is 1.54. The van der Waals surface area contributed by atoms with Gasteiger partial charge in [0.05, 0.1) is 6.07 Å². The number of hydrogen-bond donors (Lipinski definition) is 0. The van der Waals surface area contributed by atoms with Crippen molar-refractivity contribution in [3.63, 3.8) is 0 Å². The van der Waals surface area contributed by atoms with Crippen LogP contribution in [0.15, 0.2) is 30.3 Å². The zero-order valence-electron chi connectivity index (χ0n) is 15.1. The topological polar surface area (TPSA) is 30.3 Å². The zero-order chi connectivity index (χ0) is 16.9. The van der Waals surface area contributed by atoms with Gasteiger partial charge < -0.3 is 0 Å². The SMILES string of the molecule is N#C[C@@]1(c2ccccc2)CCC[C@H]2[C@H]3C[C@@H](CN21)[C@H]1CCCCN1C3. The van der Waals surface area contributed by atoms with Gasteiger partial charge in [-0.1, -0.05) is 36.8 Å². The molecule has 3 heteroatoms. The largest absolute Gasteiger partial charge is 0.300 e. The van der Waals surface area contributed by atoms with Gasteiger partial charge in [-0.3, -0.25) is 9.80 Å². The molecule has 1 aromatic carbocycles. The molecule has 4 fully saturated rings. The summed E-state index contributed by atoms with van der Waals surface area (Å²) in [5.41, 5.74) is 0.834. The zero-order valence-corrected chi connectivity index (χ0v) is 15.1. The predicted octanol–water partition coefficient (Wildman–Crippen LogP) is 3.76. The highest BCUT2D eigenvalue weighted by atomic mass is 15.3. The van der Waals surface area contributed by atoms with E-state index in [1.165, 1.54) is 57.2 Å². The summed E-state index contributed by atoms with van der Waals surface area (Å²) in [4.78, 5) is 5.47. The number of fused-ring (bicyclic) bond motifs is 6. The second-order valence-corrected chi connectivity index (χ2v) is 8.76. The normalized spacial score (nSPS) is 41.4. The quantitative estimate of drug-likeness (QED) is 0.783. The first kappa shape index (κ1) is 15.9.